The molecule has 1 aromatic carbocycles. The van der Waals surface area contributed by atoms with Gasteiger partial charge >= 0.3 is 0 Å². The van der Waals surface area contributed by atoms with Gasteiger partial charge < -0.3 is 5.32 Å². The average molecular weight is 262 g/mol. The Balaban J connectivity index is 2.00. The Morgan fingerprint density at radius 1 is 1.05 bits per heavy atom. The lowest BCUT2D eigenvalue weighted by Crippen LogP contribution is -2.09. The van der Waals surface area contributed by atoms with Crippen LogP contribution in [0.5, 0.6) is 0 Å². The van der Waals surface area contributed by atoms with E-state index in [2.05, 4.69) is 23.3 Å². The van der Waals surface area contributed by atoms with Gasteiger partial charge in [-0.15, -0.1) is 0 Å². The zero-order valence-electron chi connectivity index (χ0n) is 10.8. The first-order chi connectivity index (χ1) is 9.22. The van der Waals surface area contributed by atoms with E-state index in [-0.39, 0.29) is 5.69 Å². The Morgan fingerprint density at radius 3 is 2.32 bits per heavy atom. The lowest BCUT2D eigenvalue weighted by Gasteiger charge is -2.10. The zero-order valence-corrected chi connectivity index (χ0v) is 10.8. The summed E-state index contributed by atoms with van der Waals surface area (Å²) in [4.78, 5) is 3.45. The molecule has 1 heterocycles. The number of anilines is 1. The molecule has 0 aliphatic rings. The fourth-order valence-corrected chi connectivity index (χ4v) is 2.05. The van der Waals surface area contributed by atoms with Crippen LogP contribution >= 0.6 is 0 Å². The minimum atomic E-state index is -0.663. The summed E-state index contributed by atoms with van der Waals surface area (Å²) < 4.78 is 26.7. The maximum absolute atomic E-state index is 13.4. The molecule has 1 aromatic heterocycles. The van der Waals surface area contributed by atoms with Crippen molar-refractivity contribution in [2.75, 3.05) is 11.9 Å². The summed E-state index contributed by atoms with van der Waals surface area (Å²) in [7, 11) is 0. The van der Waals surface area contributed by atoms with Gasteiger partial charge in [0.1, 0.15) is 5.69 Å². The Bertz CT molecular complexity index is 535. The molecule has 19 heavy (non-hydrogen) atoms. The third-order valence-corrected chi connectivity index (χ3v) is 3.05. The minimum absolute atomic E-state index is 0.107. The predicted molar refractivity (Wildman–Crippen MR) is 72.2 cm³/mol. The quantitative estimate of drug-likeness (QED) is 0.891. The van der Waals surface area contributed by atoms with Crippen LogP contribution in [0.15, 0.2) is 36.7 Å². The molecular weight excluding hydrogens is 246 g/mol. The van der Waals surface area contributed by atoms with Gasteiger partial charge in [-0.3, -0.25) is 4.98 Å². The SMILES string of the molecule is CCc1ccccc1CCNc1c(F)cncc1F. The normalized spacial score (nSPS) is 10.5. The van der Waals surface area contributed by atoms with Gasteiger partial charge in [-0.1, -0.05) is 31.2 Å². The number of hydrogen-bond acceptors (Lipinski definition) is 2. The second kappa shape index (κ2) is 6.27. The molecular formula is C15H16F2N2. The van der Waals surface area contributed by atoms with Crippen LogP contribution < -0.4 is 5.32 Å². The fraction of sp³-hybridized carbons (Fsp3) is 0.267. The predicted octanol–water partition coefficient (Wildman–Crippen LogP) is 3.58. The monoisotopic (exact) mass is 262 g/mol. The highest BCUT2D eigenvalue weighted by molar-refractivity contribution is 5.44. The van der Waals surface area contributed by atoms with Crippen LogP contribution in [0.1, 0.15) is 18.1 Å². The van der Waals surface area contributed by atoms with Gasteiger partial charge in [-0.25, -0.2) is 8.78 Å². The highest BCUT2D eigenvalue weighted by Crippen LogP contribution is 2.17. The number of pyridine rings is 1. The first kappa shape index (κ1) is 13.5. The lowest BCUT2D eigenvalue weighted by molar-refractivity contribution is 0.578. The fourth-order valence-electron chi connectivity index (χ4n) is 2.05. The molecule has 0 atom stereocenters. The standard InChI is InChI=1S/C15H16F2N2/c1-2-11-5-3-4-6-12(11)7-8-19-15-13(16)9-18-10-14(15)17/h3-6,9-10H,2,7-8H2,1H3,(H,18,19). The summed E-state index contributed by atoms with van der Waals surface area (Å²) in [6, 6.07) is 8.09. The van der Waals surface area contributed by atoms with Gasteiger partial charge in [0.05, 0.1) is 12.4 Å². The van der Waals surface area contributed by atoms with Gasteiger partial charge in [-0.05, 0) is 24.0 Å². The first-order valence-electron chi connectivity index (χ1n) is 6.32. The topological polar surface area (TPSA) is 24.9 Å². The van der Waals surface area contributed by atoms with E-state index in [0.717, 1.165) is 25.2 Å². The summed E-state index contributed by atoms with van der Waals surface area (Å²) in [5.74, 6) is -1.33. The van der Waals surface area contributed by atoms with Gasteiger partial charge in [0.15, 0.2) is 11.6 Å². The second-order valence-corrected chi connectivity index (χ2v) is 4.28. The maximum atomic E-state index is 13.4. The number of benzene rings is 1. The van der Waals surface area contributed by atoms with E-state index < -0.39 is 11.6 Å². The smallest absolute Gasteiger partial charge is 0.167 e. The number of nitrogens with one attached hydrogen (secondary N) is 1. The van der Waals surface area contributed by atoms with Gasteiger partial charge in [0.2, 0.25) is 0 Å². The summed E-state index contributed by atoms with van der Waals surface area (Å²) in [6.07, 6.45) is 3.69. The van der Waals surface area contributed by atoms with E-state index in [4.69, 9.17) is 0 Å². The summed E-state index contributed by atoms with van der Waals surface area (Å²) >= 11 is 0. The van der Waals surface area contributed by atoms with Gasteiger partial charge in [0, 0.05) is 6.54 Å². The number of hydrogen-bond donors (Lipinski definition) is 1. The minimum Gasteiger partial charge on any atom is -0.380 e. The van der Waals surface area contributed by atoms with Crippen LogP contribution in [0.2, 0.25) is 0 Å². The second-order valence-electron chi connectivity index (χ2n) is 4.28. The molecule has 2 nitrogen and oxygen atoms in total. The molecule has 4 heteroatoms. The van der Waals surface area contributed by atoms with Crippen LogP contribution in [-0.2, 0) is 12.8 Å². The van der Waals surface area contributed by atoms with Crippen LogP contribution in [0.4, 0.5) is 14.5 Å². The molecule has 0 fully saturated rings. The van der Waals surface area contributed by atoms with E-state index >= 15 is 0 Å². The van der Waals surface area contributed by atoms with Crippen molar-refractivity contribution in [2.24, 2.45) is 0 Å². The van der Waals surface area contributed by atoms with Gasteiger partial charge in [0.25, 0.3) is 0 Å². The highest BCUT2D eigenvalue weighted by Gasteiger charge is 2.08. The number of nitrogens with zero attached hydrogens (tertiary/aromatic N) is 1. The molecule has 2 rings (SSSR count). The third kappa shape index (κ3) is 3.28. The number of aryl methyl sites for hydroxylation is 1. The Hall–Kier alpha value is -1.97. The molecule has 0 unspecified atom stereocenters. The molecule has 2 aromatic rings. The van der Waals surface area contributed by atoms with Crippen LogP contribution in [0, 0.1) is 11.6 Å². The van der Waals surface area contributed by atoms with Crippen LogP contribution in [0.25, 0.3) is 0 Å². The largest absolute Gasteiger partial charge is 0.380 e. The Morgan fingerprint density at radius 2 is 1.68 bits per heavy atom. The molecule has 100 valence electrons. The third-order valence-electron chi connectivity index (χ3n) is 3.05. The van der Waals surface area contributed by atoms with Crippen molar-refractivity contribution in [3.63, 3.8) is 0 Å². The van der Waals surface area contributed by atoms with Crippen molar-refractivity contribution in [3.8, 4) is 0 Å². The van der Waals surface area contributed by atoms with E-state index in [1.54, 1.807) is 0 Å². The molecule has 0 radical (unpaired) electrons. The van der Waals surface area contributed by atoms with Crippen LogP contribution in [-0.4, -0.2) is 11.5 Å². The molecule has 0 amide bonds. The number of aromatic nitrogens is 1. The van der Waals surface area contributed by atoms with Crippen molar-refractivity contribution in [1.82, 2.24) is 4.98 Å². The molecule has 0 saturated carbocycles. The lowest BCUT2D eigenvalue weighted by atomic mass is 10.0. The molecule has 0 saturated heterocycles. The maximum Gasteiger partial charge on any atom is 0.167 e. The van der Waals surface area contributed by atoms with Crippen LogP contribution in [0.3, 0.4) is 0 Å². The van der Waals surface area contributed by atoms with Crippen molar-refractivity contribution < 1.29 is 8.78 Å². The first-order valence-corrected chi connectivity index (χ1v) is 6.32. The summed E-state index contributed by atoms with van der Waals surface area (Å²) in [5, 5.41) is 2.79. The number of halogens is 2. The molecule has 0 spiro atoms. The average Bonchev–Trinajstić information content (AvgIpc) is 2.42. The number of rotatable bonds is 5. The van der Waals surface area contributed by atoms with E-state index in [1.165, 1.54) is 11.1 Å². The Kier molecular flexibility index (Phi) is 4.44. The summed E-state index contributed by atoms with van der Waals surface area (Å²) in [6.45, 7) is 2.57. The highest BCUT2D eigenvalue weighted by atomic mass is 19.1. The van der Waals surface area contributed by atoms with Gasteiger partial charge in [-0.2, -0.15) is 0 Å². The van der Waals surface area contributed by atoms with E-state index in [9.17, 15) is 8.78 Å². The van der Waals surface area contributed by atoms with Crippen molar-refractivity contribution in [1.29, 1.82) is 0 Å². The Labute approximate surface area is 111 Å². The van der Waals surface area contributed by atoms with E-state index in [1.807, 2.05) is 18.2 Å². The van der Waals surface area contributed by atoms with Crippen molar-refractivity contribution in [3.05, 3.63) is 59.4 Å². The molecule has 0 aliphatic carbocycles. The summed E-state index contributed by atoms with van der Waals surface area (Å²) in [5.41, 5.74) is 2.36. The van der Waals surface area contributed by atoms with Crippen molar-refractivity contribution >= 4 is 5.69 Å². The van der Waals surface area contributed by atoms with Crippen molar-refractivity contribution in [2.45, 2.75) is 19.8 Å². The molecule has 1 N–H and O–H groups in total. The zero-order chi connectivity index (χ0) is 13.7. The van der Waals surface area contributed by atoms with E-state index in [0.29, 0.717) is 6.54 Å². The molecule has 0 bridgehead atoms. The molecule has 0 aliphatic heterocycles.